The molecule has 1 heterocycles. The van der Waals surface area contributed by atoms with Crippen LogP contribution in [0.5, 0.6) is 5.75 Å². The number of benzene rings is 3. The zero-order chi connectivity index (χ0) is 21.8. The Bertz CT molecular complexity index is 1180. The first-order chi connectivity index (χ1) is 15.0. The lowest BCUT2D eigenvalue weighted by molar-refractivity contribution is -0.129. The number of amides is 3. The van der Waals surface area contributed by atoms with Gasteiger partial charge in [-0.15, -0.1) is 0 Å². The summed E-state index contributed by atoms with van der Waals surface area (Å²) in [5, 5.41) is 4.33. The monoisotopic (exact) mass is 432 g/mol. The van der Waals surface area contributed by atoms with Crippen LogP contribution in [0.1, 0.15) is 11.1 Å². The number of nitrogens with one attached hydrogen (secondary N) is 1. The molecule has 3 amide bonds. The first-order valence-corrected chi connectivity index (χ1v) is 10.5. The van der Waals surface area contributed by atoms with E-state index in [0.29, 0.717) is 11.4 Å². The summed E-state index contributed by atoms with van der Waals surface area (Å²) in [4.78, 5) is 38.7. The van der Waals surface area contributed by atoms with Crippen LogP contribution in [0.15, 0.2) is 71.6 Å². The van der Waals surface area contributed by atoms with Gasteiger partial charge in [-0.1, -0.05) is 54.6 Å². The lowest BCUT2D eigenvalue weighted by Crippen LogP contribution is -2.39. The number of rotatable bonds is 6. The van der Waals surface area contributed by atoms with Crippen LogP contribution in [0.4, 0.5) is 4.79 Å². The van der Waals surface area contributed by atoms with E-state index in [-0.39, 0.29) is 6.54 Å². The largest absolute Gasteiger partial charge is 0.497 e. The Kier molecular flexibility index (Phi) is 6.04. The van der Waals surface area contributed by atoms with Gasteiger partial charge in [-0.2, -0.15) is 0 Å². The molecule has 0 aliphatic carbocycles. The average Bonchev–Trinajstić information content (AvgIpc) is 3.05. The molecule has 0 saturated carbocycles. The van der Waals surface area contributed by atoms with Crippen molar-refractivity contribution in [2.24, 2.45) is 0 Å². The third-order valence-electron chi connectivity index (χ3n) is 4.93. The molecule has 1 aliphatic rings. The van der Waals surface area contributed by atoms with Crippen LogP contribution in [0.3, 0.4) is 0 Å². The fourth-order valence-electron chi connectivity index (χ4n) is 3.30. The van der Waals surface area contributed by atoms with Crippen molar-refractivity contribution in [3.8, 4) is 5.75 Å². The molecule has 1 aliphatic heterocycles. The van der Waals surface area contributed by atoms with Crippen molar-refractivity contribution >= 4 is 45.7 Å². The number of thioether (sulfide) groups is 1. The summed E-state index contributed by atoms with van der Waals surface area (Å²) in [5.74, 6) is -0.127. The van der Waals surface area contributed by atoms with Crippen molar-refractivity contribution in [3.05, 3.63) is 82.8 Å². The predicted molar refractivity (Wildman–Crippen MR) is 121 cm³/mol. The number of ether oxygens (including phenoxy) is 1. The maximum absolute atomic E-state index is 12.8. The van der Waals surface area contributed by atoms with Crippen LogP contribution in [0.25, 0.3) is 16.8 Å². The maximum Gasteiger partial charge on any atom is 0.294 e. The number of nitrogens with zero attached hydrogens (tertiary/aromatic N) is 1. The van der Waals surface area contributed by atoms with E-state index in [9.17, 15) is 14.4 Å². The smallest absolute Gasteiger partial charge is 0.294 e. The van der Waals surface area contributed by atoms with Gasteiger partial charge in [0.25, 0.3) is 11.1 Å². The van der Waals surface area contributed by atoms with Crippen LogP contribution in [0.2, 0.25) is 0 Å². The number of methoxy groups -OCH3 is 1. The van der Waals surface area contributed by atoms with Gasteiger partial charge in [-0.3, -0.25) is 19.3 Å². The molecule has 7 heteroatoms. The second kappa shape index (κ2) is 9.06. The van der Waals surface area contributed by atoms with Gasteiger partial charge in [0.05, 0.1) is 12.0 Å². The van der Waals surface area contributed by atoms with Crippen molar-refractivity contribution in [3.63, 3.8) is 0 Å². The minimum absolute atomic E-state index is 0.297. The Hall–Kier alpha value is -3.58. The molecule has 0 bridgehead atoms. The highest BCUT2D eigenvalue weighted by Crippen LogP contribution is 2.33. The van der Waals surface area contributed by atoms with Gasteiger partial charge in [0.2, 0.25) is 5.91 Å². The molecular formula is C24H20N2O4S. The highest BCUT2D eigenvalue weighted by atomic mass is 32.2. The molecule has 31 heavy (non-hydrogen) atoms. The Balaban J connectivity index is 1.43. The number of carbonyl (C=O) groups is 3. The van der Waals surface area contributed by atoms with E-state index in [1.54, 1.807) is 25.3 Å². The predicted octanol–water partition coefficient (Wildman–Crippen LogP) is 4.20. The van der Waals surface area contributed by atoms with Gasteiger partial charge in [-0.25, -0.2) is 0 Å². The lowest BCUT2D eigenvalue weighted by atomic mass is 10.0. The third kappa shape index (κ3) is 4.62. The van der Waals surface area contributed by atoms with E-state index in [1.807, 2.05) is 54.6 Å². The van der Waals surface area contributed by atoms with Gasteiger partial charge in [0.15, 0.2) is 0 Å². The van der Waals surface area contributed by atoms with Crippen LogP contribution in [0, 0.1) is 0 Å². The highest BCUT2D eigenvalue weighted by Gasteiger charge is 2.36. The molecule has 0 aromatic heterocycles. The minimum Gasteiger partial charge on any atom is -0.497 e. The van der Waals surface area contributed by atoms with Crippen LogP contribution in [-0.2, 0) is 16.1 Å². The van der Waals surface area contributed by atoms with Crippen LogP contribution < -0.4 is 10.1 Å². The SMILES string of the molecule is COc1ccc(CNC(=O)CN2C(=O)S/C(=C\c3cccc4ccccc34)C2=O)cc1. The number of hydrogen-bond acceptors (Lipinski definition) is 5. The molecule has 3 aromatic rings. The fourth-order valence-corrected chi connectivity index (χ4v) is 4.13. The summed E-state index contributed by atoms with van der Waals surface area (Å²) < 4.78 is 5.11. The summed E-state index contributed by atoms with van der Waals surface area (Å²) >= 11 is 0.850. The van der Waals surface area contributed by atoms with E-state index >= 15 is 0 Å². The van der Waals surface area contributed by atoms with Crippen molar-refractivity contribution in [2.75, 3.05) is 13.7 Å². The van der Waals surface area contributed by atoms with Gasteiger partial charge < -0.3 is 10.1 Å². The summed E-state index contributed by atoms with van der Waals surface area (Å²) in [6, 6.07) is 20.9. The molecule has 0 spiro atoms. The Morgan fingerprint density at radius 2 is 1.77 bits per heavy atom. The number of hydrogen-bond donors (Lipinski definition) is 1. The topological polar surface area (TPSA) is 75.7 Å². The minimum atomic E-state index is -0.456. The molecule has 6 nitrogen and oxygen atoms in total. The summed E-state index contributed by atoms with van der Waals surface area (Å²) in [7, 11) is 1.59. The summed E-state index contributed by atoms with van der Waals surface area (Å²) in [6.45, 7) is -0.0153. The molecule has 1 saturated heterocycles. The molecule has 3 aromatic carbocycles. The second-order valence-electron chi connectivity index (χ2n) is 6.96. The molecule has 0 atom stereocenters. The summed E-state index contributed by atoms with van der Waals surface area (Å²) in [6.07, 6.45) is 1.71. The van der Waals surface area contributed by atoms with Crippen LogP contribution in [-0.4, -0.2) is 35.6 Å². The third-order valence-corrected chi connectivity index (χ3v) is 5.84. The van der Waals surface area contributed by atoms with E-state index in [2.05, 4.69) is 5.32 Å². The van der Waals surface area contributed by atoms with E-state index < -0.39 is 17.1 Å². The molecular weight excluding hydrogens is 412 g/mol. The number of imide groups is 1. The maximum atomic E-state index is 12.8. The molecule has 156 valence electrons. The zero-order valence-corrected chi connectivity index (χ0v) is 17.6. The van der Waals surface area contributed by atoms with Crippen molar-refractivity contribution in [2.45, 2.75) is 6.54 Å². The van der Waals surface area contributed by atoms with E-state index in [1.165, 1.54) is 0 Å². The van der Waals surface area contributed by atoms with E-state index in [4.69, 9.17) is 4.74 Å². The Labute approximate surface area is 183 Å². The first kappa shape index (κ1) is 20.7. The number of carbonyl (C=O) groups excluding carboxylic acids is 3. The van der Waals surface area contributed by atoms with Crippen molar-refractivity contribution in [1.29, 1.82) is 0 Å². The number of fused-ring (bicyclic) bond motifs is 1. The molecule has 4 rings (SSSR count). The van der Waals surface area contributed by atoms with Crippen molar-refractivity contribution < 1.29 is 19.1 Å². The van der Waals surface area contributed by atoms with Crippen LogP contribution >= 0.6 is 11.8 Å². The fraction of sp³-hybridized carbons (Fsp3) is 0.125. The molecule has 0 radical (unpaired) electrons. The van der Waals surface area contributed by atoms with E-state index in [0.717, 1.165) is 44.3 Å². The quantitative estimate of drug-likeness (QED) is 0.591. The highest BCUT2D eigenvalue weighted by molar-refractivity contribution is 8.18. The second-order valence-corrected chi connectivity index (χ2v) is 7.95. The van der Waals surface area contributed by atoms with Gasteiger partial charge in [-0.05, 0) is 51.9 Å². The van der Waals surface area contributed by atoms with Crippen molar-refractivity contribution in [1.82, 2.24) is 10.2 Å². The Morgan fingerprint density at radius 3 is 2.55 bits per heavy atom. The first-order valence-electron chi connectivity index (χ1n) is 9.68. The van der Waals surface area contributed by atoms with Gasteiger partial charge in [0.1, 0.15) is 12.3 Å². The standard InChI is InChI=1S/C24H20N2O4S/c1-30-19-11-9-16(10-12-19)14-25-22(27)15-26-23(28)21(31-24(26)29)13-18-7-4-6-17-5-2-3-8-20(17)18/h2-13H,14-15H2,1H3,(H,25,27)/b21-13-. The lowest BCUT2D eigenvalue weighted by Gasteiger charge is -2.12. The molecule has 1 N–H and O–H groups in total. The molecule has 0 unspecified atom stereocenters. The Morgan fingerprint density at radius 1 is 1.03 bits per heavy atom. The molecule has 1 fully saturated rings. The summed E-state index contributed by atoms with van der Waals surface area (Å²) in [5.41, 5.74) is 1.74. The normalized spacial score (nSPS) is 15.0. The zero-order valence-electron chi connectivity index (χ0n) is 16.8. The van der Waals surface area contributed by atoms with Gasteiger partial charge in [0, 0.05) is 6.54 Å². The average molecular weight is 433 g/mol. The van der Waals surface area contributed by atoms with Gasteiger partial charge >= 0.3 is 0 Å².